The highest BCUT2D eigenvalue weighted by atomic mass is 79.9. The minimum Gasteiger partial charge on any atom is -0.0839 e. The summed E-state index contributed by atoms with van der Waals surface area (Å²) in [5.74, 6) is 1.26. The van der Waals surface area contributed by atoms with Crippen LogP contribution in [0, 0.1) is 0 Å². The van der Waals surface area contributed by atoms with Gasteiger partial charge < -0.3 is 0 Å². The van der Waals surface area contributed by atoms with Crippen molar-refractivity contribution >= 4 is 15.9 Å². The lowest BCUT2D eigenvalue weighted by molar-refractivity contribution is 0.706. The summed E-state index contributed by atoms with van der Waals surface area (Å²) in [7, 11) is 0. The van der Waals surface area contributed by atoms with Crippen LogP contribution < -0.4 is 0 Å². The average molecular weight is 309 g/mol. The SMILES string of the molecule is CC(C)c1cc(C(C)C)c2c(c1)C(Br)CCCC2. The van der Waals surface area contributed by atoms with E-state index in [4.69, 9.17) is 0 Å². The topological polar surface area (TPSA) is 0 Å². The smallest absolute Gasteiger partial charge is 0.0398 e. The van der Waals surface area contributed by atoms with Crippen molar-refractivity contribution in [3.05, 3.63) is 34.4 Å². The summed E-state index contributed by atoms with van der Waals surface area (Å²) in [5, 5.41) is 0. The molecular weight excluding hydrogens is 284 g/mol. The minimum atomic E-state index is 0.561. The Morgan fingerprint density at radius 3 is 2.39 bits per heavy atom. The third-order valence-corrected chi connectivity index (χ3v) is 5.05. The van der Waals surface area contributed by atoms with E-state index in [-0.39, 0.29) is 0 Å². The van der Waals surface area contributed by atoms with Crippen LogP contribution >= 0.6 is 15.9 Å². The number of alkyl halides is 1. The minimum absolute atomic E-state index is 0.561. The van der Waals surface area contributed by atoms with Crippen LogP contribution in [-0.2, 0) is 6.42 Å². The van der Waals surface area contributed by atoms with E-state index in [1.165, 1.54) is 31.2 Å². The van der Waals surface area contributed by atoms with E-state index in [0.29, 0.717) is 16.7 Å². The summed E-state index contributed by atoms with van der Waals surface area (Å²) in [6.07, 6.45) is 5.24. The van der Waals surface area contributed by atoms with Gasteiger partial charge in [-0.25, -0.2) is 0 Å². The van der Waals surface area contributed by atoms with Crippen LogP contribution in [-0.4, -0.2) is 0 Å². The molecule has 1 aliphatic rings. The van der Waals surface area contributed by atoms with Crippen LogP contribution in [0.3, 0.4) is 0 Å². The first-order chi connectivity index (χ1) is 8.50. The van der Waals surface area contributed by atoms with E-state index in [1.807, 2.05) is 0 Å². The fourth-order valence-corrected chi connectivity index (χ4v) is 3.67. The van der Waals surface area contributed by atoms with Crippen LogP contribution in [0.4, 0.5) is 0 Å². The third-order valence-electron chi connectivity index (χ3n) is 4.10. The van der Waals surface area contributed by atoms with Crippen LogP contribution in [0.1, 0.15) is 85.9 Å². The summed E-state index contributed by atoms with van der Waals surface area (Å²) < 4.78 is 0. The van der Waals surface area contributed by atoms with Crippen molar-refractivity contribution in [3.63, 3.8) is 0 Å². The maximum atomic E-state index is 3.90. The first kappa shape index (κ1) is 14.1. The molecule has 0 spiro atoms. The Balaban J connectivity index is 2.58. The average Bonchev–Trinajstić information content (AvgIpc) is 2.50. The molecule has 0 saturated heterocycles. The van der Waals surface area contributed by atoms with Gasteiger partial charge in [0.2, 0.25) is 0 Å². The molecule has 1 heteroatoms. The highest BCUT2D eigenvalue weighted by Gasteiger charge is 2.21. The van der Waals surface area contributed by atoms with Gasteiger partial charge in [-0.05, 0) is 53.4 Å². The molecule has 0 aliphatic heterocycles. The van der Waals surface area contributed by atoms with Gasteiger partial charge in [-0.1, -0.05) is 62.2 Å². The van der Waals surface area contributed by atoms with Crippen LogP contribution in [0.5, 0.6) is 0 Å². The molecule has 0 bridgehead atoms. The lowest BCUT2D eigenvalue weighted by atomic mass is 9.86. The van der Waals surface area contributed by atoms with Gasteiger partial charge >= 0.3 is 0 Å². The van der Waals surface area contributed by atoms with Crippen LogP contribution in [0.2, 0.25) is 0 Å². The number of halogens is 1. The Labute approximate surface area is 120 Å². The second kappa shape index (κ2) is 5.77. The molecular formula is C17H25Br. The van der Waals surface area contributed by atoms with E-state index in [2.05, 4.69) is 55.8 Å². The standard InChI is InChI=1S/C17H25Br/c1-11(2)13-9-15(12(3)4)14-7-5-6-8-17(18)16(14)10-13/h9-12,17H,5-8H2,1-4H3. The molecule has 0 N–H and O–H groups in total. The largest absolute Gasteiger partial charge is 0.0839 e. The predicted octanol–water partition coefficient (Wildman–Crippen LogP) is 6.10. The van der Waals surface area contributed by atoms with Gasteiger partial charge in [0.25, 0.3) is 0 Å². The molecule has 18 heavy (non-hydrogen) atoms. The van der Waals surface area contributed by atoms with Gasteiger partial charge in [0.15, 0.2) is 0 Å². The monoisotopic (exact) mass is 308 g/mol. The highest BCUT2D eigenvalue weighted by molar-refractivity contribution is 9.09. The first-order valence-electron chi connectivity index (χ1n) is 7.31. The Morgan fingerprint density at radius 1 is 1.06 bits per heavy atom. The van der Waals surface area contributed by atoms with Gasteiger partial charge in [-0.15, -0.1) is 0 Å². The van der Waals surface area contributed by atoms with E-state index in [0.717, 1.165) is 0 Å². The zero-order chi connectivity index (χ0) is 13.3. The number of rotatable bonds is 2. The van der Waals surface area contributed by atoms with Crippen molar-refractivity contribution in [2.75, 3.05) is 0 Å². The number of hydrogen-bond acceptors (Lipinski definition) is 0. The van der Waals surface area contributed by atoms with Gasteiger partial charge in [-0.3, -0.25) is 0 Å². The van der Waals surface area contributed by atoms with Gasteiger partial charge in [-0.2, -0.15) is 0 Å². The van der Waals surface area contributed by atoms with Crippen molar-refractivity contribution in [2.45, 2.75) is 70.0 Å². The van der Waals surface area contributed by atoms with E-state index >= 15 is 0 Å². The van der Waals surface area contributed by atoms with Crippen LogP contribution in [0.15, 0.2) is 12.1 Å². The normalized spacial score (nSPS) is 20.1. The summed E-state index contributed by atoms with van der Waals surface area (Å²) in [6.45, 7) is 9.25. The molecule has 1 unspecified atom stereocenters. The summed E-state index contributed by atoms with van der Waals surface area (Å²) >= 11 is 3.90. The van der Waals surface area contributed by atoms with Gasteiger partial charge in [0, 0.05) is 4.83 Å². The maximum absolute atomic E-state index is 3.90. The quantitative estimate of drug-likeness (QED) is 0.457. The Bertz CT molecular complexity index is 418. The predicted molar refractivity (Wildman–Crippen MR) is 83.8 cm³/mol. The second-order valence-electron chi connectivity index (χ2n) is 6.20. The molecule has 0 amide bonds. The third kappa shape index (κ3) is 2.82. The second-order valence-corrected chi connectivity index (χ2v) is 7.31. The van der Waals surface area contributed by atoms with Crippen molar-refractivity contribution in [1.29, 1.82) is 0 Å². The zero-order valence-corrected chi connectivity index (χ0v) is 13.7. The van der Waals surface area contributed by atoms with Crippen molar-refractivity contribution in [3.8, 4) is 0 Å². The Hall–Kier alpha value is -0.300. The molecule has 1 aromatic carbocycles. The lowest BCUT2D eigenvalue weighted by Gasteiger charge is -2.21. The van der Waals surface area contributed by atoms with Crippen molar-refractivity contribution in [2.24, 2.45) is 0 Å². The number of hydrogen-bond donors (Lipinski definition) is 0. The van der Waals surface area contributed by atoms with Crippen molar-refractivity contribution in [1.82, 2.24) is 0 Å². The summed E-state index contributed by atoms with van der Waals surface area (Å²) in [5.41, 5.74) is 6.29. The molecule has 0 heterocycles. The van der Waals surface area contributed by atoms with Gasteiger partial charge in [0.05, 0.1) is 0 Å². The molecule has 1 atom stereocenters. The van der Waals surface area contributed by atoms with E-state index < -0.39 is 0 Å². The zero-order valence-electron chi connectivity index (χ0n) is 12.1. The molecule has 1 aromatic rings. The molecule has 100 valence electrons. The van der Waals surface area contributed by atoms with Gasteiger partial charge in [0.1, 0.15) is 0 Å². The fraction of sp³-hybridized carbons (Fsp3) is 0.647. The number of fused-ring (bicyclic) bond motifs is 1. The summed E-state index contributed by atoms with van der Waals surface area (Å²) in [6, 6.07) is 4.91. The molecule has 0 aromatic heterocycles. The Morgan fingerprint density at radius 2 is 1.78 bits per heavy atom. The van der Waals surface area contributed by atoms with E-state index in [9.17, 15) is 0 Å². The molecule has 0 saturated carbocycles. The molecule has 2 rings (SSSR count). The highest BCUT2D eigenvalue weighted by Crippen LogP contribution is 2.40. The molecule has 0 nitrogen and oxygen atoms in total. The molecule has 0 radical (unpaired) electrons. The Kier molecular flexibility index (Phi) is 4.53. The first-order valence-corrected chi connectivity index (χ1v) is 8.23. The van der Waals surface area contributed by atoms with E-state index in [1.54, 1.807) is 16.7 Å². The number of benzene rings is 1. The lowest BCUT2D eigenvalue weighted by Crippen LogP contribution is -2.04. The van der Waals surface area contributed by atoms with Crippen LogP contribution in [0.25, 0.3) is 0 Å². The maximum Gasteiger partial charge on any atom is 0.0398 e. The fourth-order valence-electron chi connectivity index (χ4n) is 2.94. The summed E-state index contributed by atoms with van der Waals surface area (Å²) in [4.78, 5) is 0.561. The molecule has 0 fully saturated rings. The van der Waals surface area contributed by atoms with Crippen molar-refractivity contribution < 1.29 is 0 Å². The molecule has 1 aliphatic carbocycles.